The Morgan fingerprint density at radius 2 is 2.00 bits per heavy atom. The van der Waals surface area contributed by atoms with Crippen molar-refractivity contribution in [3.8, 4) is 0 Å². The van der Waals surface area contributed by atoms with Crippen molar-refractivity contribution in [2.45, 2.75) is 6.92 Å². The summed E-state index contributed by atoms with van der Waals surface area (Å²) in [6.45, 7) is 5.18. The standard InChI is InChI=1S/C11H14N4OS2/c1-7-12-9-8(18-11(17)14(9)2)10(13-7)15-3-5-16-6-4-15/h3-6H2,1-2H3. The molecule has 2 aromatic heterocycles. The van der Waals surface area contributed by atoms with Crippen LogP contribution in [0.5, 0.6) is 0 Å². The maximum Gasteiger partial charge on any atom is 0.163 e. The van der Waals surface area contributed by atoms with Gasteiger partial charge in [0.15, 0.2) is 15.4 Å². The summed E-state index contributed by atoms with van der Waals surface area (Å²) in [5.41, 5.74) is 0.930. The predicted molar refractivity (Wildman–Crippen MR) is 75.0 cm³/mol. The zero-order valence-electron chi connectivity index (χ0n) is 10.3. The molecule has 0 amide bonds. The van der Waals surface area contributed by atoms with Crippen molar-refractivity contribution >= 4 is 39.7 Å². The number of nitrogens with zero attached hydrogens (tertiary/aromatic N) is 4. The third-order valence-corrected chi connectivity index (χ3v) is 4.57. The number of fused-ring (bicyclic) bond motifs is 1. The van der Waals surface area contributed by atoms with Gasteiger partial charge in [-0.2, -0.15) is 0 Å². The number of aryl methyl sites for hydroxylation is 2. The van der Waals surface area contributed by atoms with Gasteiger partial charge in [-0.15, -0.1) is 0 Å². The molecule has 0 saturated carbocycles. The van der Waals surface area contributed by atoms with Crippen molar-refractivity contribution in [2.75, 3.05) is 31.2 Å². The molecular formula is C11H14N4OS2. The van der Waals surface area contributed by atoms with Crippen LogP contribution >= 0.6 is 23.6 Å². The number of thiazole rings is 1. The average molecular weight is 282 g/mol. The lowest BCUT2D eigenvalue weighted by Gasteiger charge is -2.28. The normalized spacial score (nSPS) is 16.4. The van der Waals surface area contributed by atoms with Crippen molar-refractivity contribution in [2.24, 2.45) is 7.05 Å². The van der Waals surface area contributed by atoms with E-state index in [9.17, 15) is 0 Å². The first-order valence-corrected chi connectivity index (χ1v) is 7.06. The maximum absolute atomic E-state index is 5.38. The van der Waals surface area contributed by atoms with Crippen LogP contribution < -0.4 is 4.90 Å². The second-order valence-electron chi connectivity index (χ2n) is 4.27. The predicted octanol–water partition coefficient (Wildman–Crippen LogP) is 1.90. The molecule has 0 unspecified atom stereocenters. The Bertz CT molecular complexity index is 642. The molecule has 0 radical (unpaired) electrons. The molecule has 96 valence electrons. The van der Waals surface area contributed by atoms with Gasteiger partial charge in [0.05, 0.1) is 13.2 Å². The first kappa shape index (κ1) is 12.0. The van der Waals surface area contributed by atoms with Crippen LogP contribution in [-0.2, 0) is 11.8 Å². The maximum atomic E-state index is 5.38. The van der Waals surface area contributed by atoms with E-state index in [-0.39, 0.29) is 0 Å². The van der Waals surface area contributed by atoms with E-state index < -0.39 is 0 Å². The quantitative estimate of drug-likeness (QED) is 0.747. The Kier molecular flexibility index (Phi) is 3.04. The largest absolute Gasteiger partial charge is 0.378 e. The summed E-state index contributed by atoms with van der Waals surface area (Å²) in [4.78, 5) is 11.3. The van der Waals surface area contributed by atoms with E-state index in [4.69, 9.17) is 17.0 Å². The van der Waals surface area contributed by atoms with Gasteiger partial charge in [-0.05, 0) is 19.1 Å². The van der Waals surface area contributed by atoms with Gasteiger partial charge >= 0.3 is 0 Å². The third kappa shape index (κ3) is 1.92. The van der Waals surface area contributed by atoms with Gasteiger partial charge in [-0.1, -0.05) is 11.3 Å². The molecule has 0 N–H and O–H groups in total. The number of rotatable bonds is 1. The minimum atomic E-state index is 0.753. The molecule has 1 fully saturated rings. The molecule has 3 rings (SSSR count). The molecule has 1 saturated heterocycles. The third-order valence-electron chi connectivity index (χ3n) is 3.03. The second-order valence-corrected chi connectivity index (χ2v) is 5.92. The van der Waals surface area contributed by atoms with E-state index in [0.717, 1.165) is 52.2 Å². The Morgan fingerprint density at radius 1 is 1.28 bits per heavy atom. The average Bonchev–Trinajstić information content (AvgIpc) is 2.66. The summed E-state index contributed by atoms with van der Waals surface area (Å²) in [7, 11) is 1.96. The van der Waals surface area contributed by atoms with E-state index in [0.29, 0.717) is 0 Å². The summed E-state index contributed by atoms with van der Waals surface area (Å²) in [5.74, 6) is 1.78. The zero-order chi connectivity index (χ0) is 12.7. The molecule has 5 nitrogen and oxygen atoms in total. The number of ether oxygens (including phenoxy) is 1. The van der Waals surface area contributed by atoms with Gasteiger partial charge in [0.25, 0.3) is 0 Å². The molecule has 0 bridgehead atoms. The van der Waals surface area contributed by atoms with Gasteiger partial charge in [0, 0.05) is 20.1 Å². The summed E-state index contributed by atoms with van der Waals surface area (Å²) >= 11 is 6.91. The van der Waals surface area contributed by atoms with E-state index in [1.807, 2.05) is 18.5 Å². The molecule has 18 heavy (non-hydrogen) atoms. The van der Waals surface area contributed by atoms with Gasteiger partial charge in [0.2, 0.25) is 0 Å². The van der Waals surface area contributed by atoms with E-state index in [2.05, 4.69) is 14.9 Å². The monoisotopic (exact) mass is 282 g/mol. The van der Waals surface area contributed by atoms with E-state index >= 15 is 0 Å². The molecule has 7 heteroatoms. The Labute approximate surface area is 114 Å². The summed E-state index contributed by atoms with van der Waals surface area (Å²) in [6.07, 6.45) is 0. The van der Waals surface area contributed by atoms with Crippen LogP contribution in [0.3, 0.4) is 0 Å². The molecule has 0 spiro atoms. The van der Waals surface area contributed by atoms with Crippen LogP contribution in [0.1, 0.15) is 5.82 Å². The number of hydrogen-bond acceptors (Lipinski definition) is 6. The lowest BCUT2D eigenvalue weighted by molar-refractivity contribution is 0.122. The Balaban J connectivity index is 2.21. The molecule has 0 aliphatic carbocycles. The Hall–Kier alpha value is -1.05. The molecule has 3 heterocycles. The molecular weight excluding hydrogens is 268 g/mol. The first-order chi connectivity index (χ1) is 8.66. The van der Waals surface area contributed by atoms with Crippen LogP contribution in [0.25, 0.3) is 10.3 Å². The number of hydrogen-bond donors (Lipinski definition) is 0. The zero-order valence-corrected chi connectivity index (χ0v) is 12.0. The number of morpholine rings is 1. The number of anilines is 1. The smallest absolute Gasteiger partial charge is 0.163 e. The Morgan fingerprint density at radius 3 is 2.72 bits per heavy atom. The summed E-state index contributed by atoms with van der Waals surface area (Å²) in [6, 6.07) is 0. The summed E-state index contributed by atoms with van der Waals surface area (Å²) < 4.78 is 9.25. The molecule has 2 aromatic rings. The van der Waals surface area contributed by atoms with Crippen LogP contribution in [0.2, 0.25) is 0 Å². The molecule has 0 atom stereocenters. The fourth-order valence-corrected chi connectivity index (χ4v) is 3.36. The van der Waals surface area contributed by atoms with Crippen LogP contribution in [0, 0.1) is 10.9 Å². The van der Waals surface area contributed by atoms with Crippen LogP contribution in [0.4, 0.5) is 5.82 Å². The van der Waals surface area contributed by atoms with Gasteiger partial charge in [-0.3, -0.25) is 0 Å². The lowest BCUT2D eigenvalue weighted by Crippen LogP contribution is -2.37. The SMILES string of the molecule is Cc1nc(N2CCOCC2)c2sc(=S)n(C)c2n1. The highest BCUT2D eigenvalue weighted by atomic mass is 32.1. The van der Waals surface area contributed by atoms with Crippen molar-refractivity contribution in [3.05, 3.63) is 9.78 Å². The number of aromatic nitrogens is 3. The fraction of sp³-hybridized carbons (Fsp3) is 0.545. The van der Waals surface area contributed by atoms with Crippen LogP contribution in [-0.4, -0.2) is 40.8 Å². The van der Waals surface area contributed by atoms with Crippen molar-refractivity contribution in [1.82, 2.24) is 14.5 Å². The fourth-order valence-electron chi connectivity index (χ4n) is 2.08. The summed E-state index contributed by atoms with van der Waals surface area (Å²) in [5, 5.41) is 0. The van der Waals surface area contributed by atoms with Gasteiger partial charge in [0.1, 0.15) is 10.5 Å². The van der Waals surface area contributed by atoms with Gasteiger partial charge in [-0.25, -0.2) is 9.97 Å². The highest BCUT2D eigenvalue weighted by Crippen LogP contribution is 2.30. The van der Waals surface area contributed by atoms with Gasteiger partial charge < -0.3 is 14.2 Å². The van der Waals surface area contributed by atoms with Crippen LogP contribution in [0.15, 0.2) is 0 Å². The van der Waals surface area contributed by atoms with Crippen molar-refractivity contribution < 1.29 is 4.74 Å². The highest BCUT2D eigenvalue weighted by molar-refractivity contribution is 7.73. The highest BCUT2D eigenvalue weighted by Gasteiger charge is 2.19. The van der Waals surface area contributed by atoms with E-state index in [1.54, 1.807) is 11.3 Å². The van der Waals surface area contributed by atoms with Crippen molar-refractivity contribution in [3.63, 3.8) is 0 Å². The first-order valence-electron chi connectivity index (χ1n) is 5.83. The molecule has 1 aliphatic heterocycles. The van der Waals surface area contributed by atoms with E-state index in [1.165, 1.54) is 0 Å². The van der Waals surface area contributed by atoms with Crippen molar-refractivity contribution in [1.29, 1.82) is 0 Å². The molecule has 0 aromatic carbocycles. The minimum absolute atomic E-state index is 0.753. The second kappa shape index (κ2) is 4.56. The lowest BCUT2D eigenvalue weighted by atomic mass is 10.4. The minimum Gasteiger partial charge on any atom is -0.378 e. The molecule has 1 aliphatic rings. The topological polar surface area (TPSA) is 43.2 Å².